The van der Waals surface area contributed by atoms with Crippen LogP contribution in [0, 0.1) is 5.92 Å². The third-order valence-electron chi connectivity index (χ3n) is 2.93. The molecule has 1 aromatic rings. The molecule has 1 aliphatic carbocycles. The van der Waals surface area contributed by atoms with E-state index >= 15 is 0 Å². The smallest absolute Gasteiger partial charge is 0.271 e. The zero-order chi connectivity index (χ0) is 12.6. The molecule has 1 aliphatic rings. The molecule has 94 valence electrons. The Kier molecular flexibility index (Phi) is 3.47. The predicted octanol–water partition coefficient (Wildman–Crippen LogP) is 3.38. The normalized spacial score (nSPS) is 18.2. The van der Waals surface area contributed by atoms with Crippen LogP contribution >= 0.6 is 15.9 Å². The molecule has 6 heteroatoms. The first kappa shape index (κ1) is 12.9. The molecule has 17 heavy (non-hydrogen) atoms. The summed E-state index contributed by atoms with van der Waals surface area (Å²) in [7, 11) is 0. The van der Waals surface area contributed by atoms with E-state index in [9.17, 15) is 13.2 Å². The minimum absolute atomic E-state index is 0.216. The van der Waals surface area contributed by atoms with Gasteiger partial charge < -0.3 is 0 Å². The van der Waals surface area contributed by atoms with Crippen LogP contribution in [0.4, 0.5) is 13.2 Å². The summed E-state index contributed by atoms with van der Waals surface area (Å²) in [5.41, 5.74) is 2.53. The summed E-state index contributed by atoms with van der Waals surface area (Å²) in [5.74, 6) is 5.75. The van der Waals surface area contributed by atoms with Crippen LogP contribution in [0.1, 0.15) is 30.0 Å². The van der Waals surface area contributed by atoms with E-state index in [-0.39, 0.29) is 6.04 Å². The van der Waals surface area contributed by atoms with E-state index in [1.165, 1.54) is 6.07 Å². The second kappa shape index (κ2) is 4.59. The van der Waals surface area contributed by atoms with Gasteiger partial charge >= 0.3 is 6.18 Å². The summed E-state index contributed by atoms with van der Waals surface area (Å²) in [5, 5.41) is 0. The molecule has 1 fully saturated rings. The van der Waals surface area contributed by atoms with Gasteiger partial charge in [-0.2, -0.15) is 13.2 Å². The summed E-state index contributed by atoms with van der Waals surface area (Å²) in [4.78, 5) is 0. The predicted molar refractivity (Wildman–Crippen MR) is 61.9 cm³/mol. The molecule has 0 aromatic heterocycles. The van der Waals surface area contributed by atoms with Crippen LogP contribution in [0.5, 0.6) is 0 Å². The van der Waals surface area contributed by atoms with Crippen LogP contribution in [0.15, 0.2) is 22.7 Å². The number of alkyl halides is 3. The molecule has 0 spiro atoms. The molecule has 0 aliphatic heterocycles. The van der Waals surface area contributed by atoms with Gasteiger partial charge in [-0.05, 0) is 42.5 Å². The van der Waals surface area contributed by atoms with Crippen LogP contribution in [0.2, 0.25) is 0 Å². The van der Waals surface area contributed by atoms with E-state index in [2.05, 4.69) is 21.4 Å². The molecule has 3 N–H and O–H groups in total. The molecule has 2 rings (SSSR count). The first-order chi connectivity index (χ1) is 7.93. The minimum Gasteiger partial charge on any atom is -0.271 e. The molecule has 0 saturated heterocycles. The van der Waals surface area contributed by atoms with Gasteiger partial charge in [0.25, 0.3) is 0 Å². The van der Waals surface area contributed by atoms with E-state index in [1.807, 2.05) is 0 Å². The highest BCUT2D eigenvalue weighted by molar-refractivity contribution is 9.10. The van der Waals surface area contributed by atoms with Crippen LogP contribution in [0.25, 0.3) is 0 Å². The molecule has 1 aromatic carbocycles. The standard InChI is InChI=1S/C11H12BrF3N2/c12-9-4-3-7(11(13,14)15)5-8(9)10(17-16)6-1-2-6/h3-6,10,17H,1-2,16H2. The van der Waals surface area contributed by atoms with E-state index in [4.69, 9.17) is 5.84 Å². The third-order valence-corrected chi connectivity index (χ3v) is 3.65. The summed E-state index contributed by atoms with van der Waals surface area (Å²) in [6, 6.07) is 3.43. The van der Waals surface area contributed by atoms with Crippen molar-refractivity contribution in [2.45, 2.75) is 25.1 Å². The van der Waals surface area contributed by atoms with Crippen molar-refractivity contribution in [3.8, 4) is 0 Å². The van der Waals surface area contributed by atoms with Crippen molar-refractivity contribution in [3.05, 3.63) is 33.8 Å². The largest absolute Gasteiger partial charge is 0.416 e. The van der Waals surface area contributed by atoms with Crippen LogP contribution in [-0.2, 0) is 6.18 Å². The molecule has 0 heterocycles. The van der Waals surface area contributed by atoms with E-state index < -0.39 is 11.7 Å². The minimum atomic E-state index is -4.32. The number of hydrazine groups is 1. The summed E-state index contributed by atoms with van der Waals surface area (Å²) < 4.78 is 38.5. The fourth-order valence-corrected chi connectivity index (χ4v) is 2.36. The Bertz CT molecular complexity index is 416. The Morgan fingerprint density at radius 2 is 2.00 bits per heavy atom. The summed E-state index contributed by atoms with van der Waals surface area (Å²) in [6.45, 7) is 0. The number of rotatable bonds is 3. The first-order valence-electron chi connectivity index (χ1n) is 5.26. The topological polar surface area (TPSA) is 38.0 Å². The quantitative estimate of drug-likeness (QED) is 0.663. The van der Waals surface area contributed by atoms with Crippen LogP contribution in [-0.4, -0.2) is 0 Å². The van der Waals surface area contributed by atoms with Crippen molar-refractivity contribution in [3.63, 3.8) is 0 Å². The molecule has 1 unspecified atom stereocenters. The average Bonchev–Trinajstić information content (AvgIpc) is 3.04. The van der Waals surface area contributed by atoms with Crippen molar-refractivity contribution < 1.29 is 13.2 Å². The van der Waals surface area contributed by atoms with Crippen LogP contribution < -0.4 is 11.3 Å². The lowest BCUT2D eigenvalue weighted by atomic mass is 10.0. The lowest BCUT2D eigenvalue weighted by Crippen LogP contribution is -2.30. The van der Waals surface area contributed by atoms with Crippen LogP contribution in [0.3, 0.4) is 0 Å². The molecular weight excluding hydrogens is 297 g/mol. The first-order valence-corrected chi connectivity index (χ1v) is 6.05. The average molecular weight is 309 g/mol. The number of nitrogens with two attached hydrogens (primary N) is 1. The number of hydrogen-bond acceptors (Lipinski definition) is 2. The van der Waals surface area contributed by atoms with Crippen molar-refractivity contribution in [1.29, 1.82) is 0 Å². The number of halogens is 4. The van der Waals surface area contributed by atoms with Crippen molar-refractivity contribution in [2.24, 2.45) is 11.8 Å². The maximum atomic E-state index is 12.6. The maximum Gasteiger partial charge on any atom is 0.416 e. The number of hydrogen-bond donors (Lipinski definition) is 2. The van der Waals surface area contributed by atoms with Gasteiger partial charge in [-0.15, -0.1) is 0 Å². The van der Waals surface area contributed by atoms with Gasteiger partial charge in [0, 0.05) is 10.5 Å². The highest BCUT2D eigenvalue weighted by Gasteiger charge is 2.35. The van der Waals surface area contributed by atoms with Gasteiger partial charge in [0.05, 0.1) is 5.56 Å². The SMILES string of the molecule is NNC(c1cc(C(F)(F)F)ccc1Br)C1CC1. The molecule has 0 bridgehead atoms. The molecule has 1 saturated carbocycles. The lowest BCUT2D eigenvalue weighted by Gasteiger charge is -2.19. The Morgan fingerprint density at radius 3 is 2.47 bits per heavy atom. The van der Waals surface area contributed by atoms with Gasteiger partial charge in [-0.25, -0.2) is 0 Å². The number of nitrogens with one attached hydrogen (secondary N) is 1. The van der Waals surface area contributed by atoms with Crippen molar-refractivity contribution in [2.75, 3.05) is 0 Å². The van der Waals surface area contributed by atoms with Gasteiger partial charge in [0.15, 0.2) is 0 Å². The zero-order valence-corrected chi connectivity index (χ0v) is 10.5. The molecule has 0 radical (unpaired) electrons. The molecule has 0 amide bonds. The highest BCUT2D eigenvalue weighted by atomic mass is 79.9. The monoisotopic (exact) mass is 308 g/mol. The summed E-state index contributed by atoms with van der Waals surface area (Å²) >= 11 is 3.27. The van der Waals surface area contributed by atoms with E-state index in [1.54, 1.807) is 0 Å². The van der Waals surface area contributed by atoms with Crippen molar-refractivity contribution in [1.82, 2.24) is 5.43 Å². The van der Waals surface area contributed by atoms with Gasteiger partial charge in [0.2, 0.25) is 0 Å². The van der Waals surface area contributed by atoms with Crippen molar-refractivity contribution >= 4 is 15.9 Å². The van der Waals surface area contributed by atoms with E-state index in [0.29, 0.717) is 16.0 Å². The lowest BCUT2D eigenvalue weighted by molar-refractivity contribution is -0.137. The Labute approximate surface area is 105 Å². The van der Waals surface area contributed by atoms with Gasteiger partial charge in [-0.3, -0.25) is 11.3 Å². The van der Waals surface area contributed by atoms with Gasteiger partial charge in [0.1, 0.15) is 0 Å². The number of benzene rings is 1. The molecule has 2 nitrogen and oxygen atoms in total. The fraction of sp³-hybridized carbons (Fsp3) is 0.455. The molecule has 1 atom stereocenters. The Morgan fingerprint density at radius 1 is 1.35 bits per heavy atom. The van der Waals surface area contributed by atoms with Gasteiger partial charge in [-0.1, -0.05) is 15.9 Å². The third kappa shape index (κ3) is 2.81. The Balaban J connectivity index is 2.37. The highest BCUT2D eigenvalue weighted by Crippen LogP contribution is 2.43. The van der Waals surface area contributed by atoms with E-state index in [0.717, 1.165) is 25.0 Å². The summed E-state index contributed by atoms with van der Waals surface area (Å²) in [6.07, 6.45) is -2.33. The fourth-order valence-electron chi connectivity index (χ4n) is 1.87. The zero-order valence-electron chi connectivity index (χ0n) is 8.89. The Hall–Kier alpha value is -0.590. The second-order valence-corrected chi connectivity index (χ2v) is 5.07. The second-order valence-electron chi connectivity index (χ2n) is 4.22. The molecular formula is C11H12BrF3N2. The maximum absolute atomic E-state index is 12.6.